The Labute approximate surface area is 121 Å². The monoisotopic (exact) mass is 317 g/mol. The largest absolute Gasteiger partial charge is 0.227 e. The number of alkyl halides is 5. The first-order valence-electron chi connectivity index (χ1n) is 4.52. The van der Waals surface area contributed by atoms with Crippen LogP contribution in [0.2, 0.25) is 0 Å². The SMILES string of the molecule is C[C](C)c1ccccc1C(Cl)(Cl)C(Cl)(Cl)Cl. The fraction of sp³-hybridized carbons (Fsp3) is 0.364. The van der Waals surface area contributed by atoms with Gasteiger partial charge in [0.05, 0.1) is 0 Å². The highest BCUT2D eigenvalue weighted by Gasteiger charge is 2.48. The van der Waals surface area contributed by atoms with E-state index in [1.54, 1.807) is 12.1 Å². The second-order valence-electron chi connectivity index (χ2n) is 3.62. The first-order chi connectivity index (χ1) is 7.18. The molecule has 0 N–H and O–H groups in total. The second-order valence-corrected chi connectivity index (χ2v) is 7.23. The maximum absolute atomic E-state index is 6.14. The van der Waals surface area contributed by atoms with Gasteiger partial charge in [-0.25, -0.2) is 0 Å². The van der Waals surface area contributed by atoms with Gasteiger partial charge in [-0.15, -0.1) is 0 Å². The summed E-state index contributed by atoms with van der Waals surface area (Å²) in [5, 5.41) is 0. The zero-order valence-electron chi connectivity index (χ0n) is 8.70. The maximum Gasteiger partial charge on any atom is 0.227 e. The first kappa shape index (κ1) is 14.7. The molecule has 0 amide bonds. The van der Waals surface area contributed by atoms with Crippen LogP contribution < -0.4 is 0 Å². The van der Waals surface area contributed by atoms with E-state index in [0.717, 1.165) is 11.5 Å². The molecule has 1 radical (unpaired) electrons. The van der Waals surface area contributed by atoms with Gasteiger partial charge in [0.2, 0.25) is 3.79 Å². The summed E-state index contributed by atoms with van der Waals surface area (Å²) < 4.78 is -3.37. The topological polar surface area (TPSA) is 0 Å². The Kier molecular flexibility index (Phi) is 4.71. The van der Waals surface area contributed by atoms with Crippen molar-refractivity contribution in [3.05, 3.63) is 41.3 Å². The van der Waals surface area contributed by atoms with Gasteiger partial charge in [0.1, 0.15) is 0 Å². The lowest BCUT2D eigenvalue weighted by molar-refractivity contribution is 0.860. The number of rotatable bonds is 2. The van der Waals surface area contributed by atoms with Crippen molar-refractivity contribution in [1.82, 2.24) is 0 Å². The lowest BCUT2D eigenvalue weighted by atomic mass is 9.95. The van der Waals surface area contributed by atoms with Gasteiger partial charge in [-0.1, -0.05) is 96.1 Å². The van der Waals surface area contributed by atoms with Gasteiger partial charge in [0.25, 0.3) is 0 Å². The van der Waals surface area contributed by atoms with Crippen molar-refractivity contribution < 1.29 is 0 Å². The molecule has 1 rings (SSSR count). The van der Waals surface area contributed by atoms with Crippen molar-refractivity contribution in [2.24, 2.45) is 0 Å². The van der Waals surface area contributed by atoms with Crippen molar-refractivity contribution in [2.45, 2.75) is 22.0 Å². The van der Waals surface area contributed by atoms with E-state index in [0.29, 0.717) is 5.56 Å². The molecule has 0 saturated heterocycles. The van der Waals surface area contributed by atoms with E-state index in [2.05, 4.69) is 0 Å². The van der Waals surface area contributed by atoms with Crippen LogP contribution in [0.25, 0.3) is 0 Å². The van der Waals surface area contributed by atoms with E-state index in [-0.39, 0.29) is 0 Å². The van der Waals surface area contributed by atoms with E-state index in [9.17, 15) is 0 Å². The Morgan fingerprint density at radius 1 is 0.938 bits per heavy atom. The average molecular weight is 319 g/mol. The zero-order valence-corrected chi connectivity index (χ0v) is 12.5. The van der Waals surface area contributed by atoms with Gasteiger partial charge >= 0.3 is 0 Å². The lowest BCUT2D eigenvalue weighted by Crippen LogP contribution is -2.29. The molecule has 0 nitrogen and oxygen atoms in total. The van der Waals surface area contributed by atoms with Crippen LogP contribution in [-0.4, -0.2) is 3.79 Å². The minimum atomic E-state index is -1.79. The standard InChI is InChI=1S/C11H10Cl5/c1-7(2)8-5-3-4-6-9(8)10(12,13)11(14,15)16/h3-6H,1-2H3. The minimum absolute atomic E-state index is 0.596. The van der Waals surface area contributed by atoms with Crippen LogP contribution in [0.5, 0.6) is 0 Å². The summed E-state index contributed by atoms with van der Waals surface area (Å²) in [6.07, 6.45) is 0. The van der Waals surface area contributed by atoms with Gasteiger partial charge in [-0.3, -0.25) is 0 Å². The van der Waals surface area contributed by atoms with Crippen molar-refractivity contribution in [2.75, 3.05) is 0 Å². The number of benzene rings is 1. The molecule has 1 aromatic rings. The van der Waals surface area contributed by atoms with Crippen LogP contribution in [0.4, 0.5) is 0 Å². The third-order valence-corrected chi connectivity index (χ3v) is 4.56. The first-order valence-corrected chi connectivity index (χ1v) is 6.41. The van der Waals surface area contributed by atoms with Crippen LogP contribution in [0.3, 0.4) is 0 Å². The highest BCUT2D eigenvalue weighted by atomic mass is 35.6. The van der Waals surface area contributed by atoms with Crippen molar-refractivity contribution in [3.63, 3.8) is 0 Å². The lowest BCUT2D eigenvalue weighted by Gasteiger charge is -2.30. The second kappa shape index (κ2) is 5.12. The smallest absolute Gasteiger partial charge is 0.0915 e. The summed E-state index contributed by atoms with van der Waals surface area (Å²) in [6, 6.07) is 7.33. The number of halogens is 5. The van der Waals surface area contributed by atoms with E-state index >= 15 is 0 Å². The van der Waals surface area contributed by atoms with E-state index in [1.807, 2.05) is 26.0 Å². The van der Waals surface area contributed by atoms with Crippen molar-refractivity contribution >= 4 is 58.0 Å². The predicted molar refractivity (Wildman–Crippen MR) is 73.8 cm³/mol. The molecule has 16 heavy (non-hydrogen) atoms. The molecule has 0 aliphatic carbocycles. The predicted octanol–water partition coefficient (Wildman–Crippen LogP) is 5.65. The van der Waals surface area contributed by atoms with Gasteiger partial charge < -0.3 is 0 Å². The van der Waals surface area contributed by atoms with Crippen LogP contribution in [-0.2, 0) is 4.33 Å². The molecule has 0 saturated carbocycles. The molecule has 0 heterocycles. The molecule has 0 atom stereocenters. The van der Waals surface area contributed by atoms with E-state index in [1.165, 1.54) is 0 Å². The summed E-state index contributed by atoms with van der Waals surface area (Å²) in [7, 11) is 0. The molecular weight excluding hydrogens is 309 g/mol. The van der Waals surface area contributed by atoms with Crippen molar-refractivity contribution in [1.29, 1.82) is 0 Å². The summed E-state index contributed by atoms with van der Waals surface area (Å²) in [4.78, 5) is 0. The minimum Gasteiger partial charge on any atom is -0.0915 e. The molecule has 0 fully saturated rings. The third-order valence-electron chi connectivity index (χ3n) is 2.16. The van der Waals surface area contributed by atoms with Gasteiger partial charge in [0, 0.05) is 0 Å². The number of hydrogen-bond donors (Lipinski definition) is 0. The quantitative estimate of drug-likeness (QED) is 0.618. The zero-order chi connectivity index (χ0) is 12.6. The molecule has 0 unspecified atom stereocenters. The molecule has 1 aromatic carbocycles. The van der Waals surface area contributed by atoms with Crippen LogP contribution in [0.1, 0.15) is 25.0 Å². The Hall–Kier alpha value is 0.670. The third kappa shape index (κ3) is 2.91. The molecule has 0 bridgehead atoms. The Balaban J connectivity index is 3.33. The molecule has 0 aliphatic heterocycles. The highest BCUT2D eigenvalue weighted by molar-refractivity contribution is 6.75. The molecule has 5 heteroatoms. The Bertz CT molecular complexity index is 365. The molecule has 0 spiro atoms. The fourth-order valence-corrected chi connectivity index (χ4v) is 1.98. The molecule has 0 aromatic heterocycles. The van der Waals surface area contributed by atoms with Crippen LogP contribution in [0, 0.1) is 5.92 Å². The number of hydrogen-bond acceptors (Lipinski definition) is 0. The average Bonchev–Trinajstić information content (AvgIpc) is 2.16. The molecule has 0 aliphatic rings. The van der Waals surface area contributed by atoms with Gasteiger partial charge in [-0.05, 0) is 17.0 Å². The van der Waals surface area contributed by atoms with Gasteiger partial charge in [0.15, 0.2) is 4.33 Å². The molecule has 89 valence electrons. The maximum atomic E-state index is 6.14. The summed E-state index contributed by atoms with van der Waals surface area (Å²) in [6.45, 7) is 3.89. The van der Waals surface area contributed by atoms with Crippen LogP contribution >= 0.6 is 58.0 Å². The van der Waals surface area contributed by atoms with Crippen LogP contribution in [0.15, 0.2) is 24.3 Å². The highest BCUT2D eigenvalue weighted by Crippen LogP contribution is 2.54. The van der Waals surface area contributed by atoms with E-state index < -0.39 is 8.13 Å². The summed E-state index contributed by atoms with van der Waals surface area (Å²) in [5.41, 5.74) is 1.48. The van der Waals surface area contributed by atoms with E-state index in [4.69, 9.17) is 58.0 Å². The Morgan fingerprint density at radius 2 is 1.44 bits per heavy atom. The van der Waals surface area contributed by atoms with Crippen molar-refractivity contribution in [3.8, 4) is 0 Å². The Morgan fingerprint density at radius 3 is 1.88 bits per heavy atom. The van der Waals surface area contributed by atoms with Gasteiger partial charge in [-0.2, -0.15) is 0 Å². The summed E-state index contributed by atoms with van der Waals surface area (Å²) in [5.74, 6) is 1.05. The molecular formula is C11H10Cl5. The summed E-state index contributed by atoms with van der Waals surface area (Å²) >= 11 is 29.7. The fourth-order valence-electron chi connectivity index (χ4n) is 1.35. The normalized spacial score (nSPS) is 13.2.